The minimum Gasteiger partial charge on any atom is -0.326 e. The smallest absolute Gasteiger partial charge is 0.243 e. The number of carbonyl (C=O) groups excluding carboxylic acids is 4. The lowest BCUT2D eigenvalue weighted by molar-refractivity contribution is -0.137. The average Bonchev–Trinajstić information content (AvgIpc) is 2.64. The lowest BCUT2D eigenvalue weighted by Crippen LogP contribution is -2.51. The highest BCUT2D eigenvalue weighted by Crippen LogP contribution is 2.23. The number of hydrogen-bond donors (Lipinski definition) is 2. The van der Waals surface area contributed by atoms with Gasteiger partial charge in [0.15, 0.2) is 0 Å². The van der Waals surface area contributed by atoms with Crippen molar-refractivity contribution in [1.29, 1.82) is 0 Å². The molecule has 142 valence electrons. The predicted octanol–water partition coefficient (Wildman–Crippen LogP) is 2.11. The van der Waals surface area contributed by atoms with E-state index in [1.165, 1.54) is 0 Å². The fourth-order valence-corrected chi connectivity index (χ4v) is 2.71. The number of hydrogen-bond acceptors (Lipinski definition) is 5. The van der Waals surface area contributed by atoms with E-state index in [0.717, 1.165) is 6.29 Å². The van der Waals surface area contributed by atoms with Gasteiger partial charge in [-0.05, 0) is 19.5 Å². The third kappa shape index (κ3) is 5.49. The molecule has 2 N–H and O–H groups in total. The van der Waals surface area contributed by atoms with Crippen molar-refractivity contribution in [3.8, 4) is 0 Å². The molecule has 7 nitrogen and oxygen atoms in total. The molecule has 1 saturated heterocycles. The molecule has 0 bridgehead atoms. The molecule has 1 atom stereocenters. The van der Waals surface area contributed by atoms with E-state index in [0.29, 0.717) is 36.2 Å². The van der Waals surface area contributed by atoms with Gasteiger partial charge in [-0.25, -0.2) is 0 Å². The van der Waals surface area contributed by atoms with Crippen LogP contribution in [0.1, 0.15) is 56.0 Å². The highest BCUT2D eigenvalue weighted by atomic mass is 16.2. The van der Waals surface area contributed by atoms with Crippen LogP contribution >= 0.6 is 0 Å². The molecule has 1 heterocycles. The molecule has 26 heavy (non-hydrogen) atoms. The summed E-state index contributed by atoms with van der Waals surface area (Å²) in [5.74, 6) is -0.756. The molecular weight excluding hydrogens is 334 g/mol. The summed E-state index contributed by atoms with van der Waals surface area (Å²) in [6, 6.07) is 4.65. The summed E-state index contributed by atoms with van der Waals surface area (Å²) in [4.78, 5) is 48.1. The zero-order valence-electron chi connectivity index (χ0n) is 15.8. The molecule has 0 radical (unpaired) electrons. The first-order valence-corrected chi connectivity index (χ1v) is 8.87. The van der Waals surface area contributed by atoms with Crippen LogP contribution in [0, 0.1) is 0 Å². The molecule has 0 saturated carbocycles. The third-order valence-corrected chi connectivity index (χ3v) is 4.08. The standard InChI is InChI=1S/C17H21N3O4.C2H6/c1-3-15(22)18-13-6-4-5-11(10-21)12(13)9-20(2)14-7-8-16(23)19-17(14)24;1-2/h4-6,10,14H,3,7-9H2,1-2H3,(H,18,22)(H,19,23,24);1-2H3. The zero-order chi connectivity index (χ0) is 19.7. The van der Waals surface area contributed by atoms with E-state index < -0.39 is 6.04 Å². The summed E-state index contributed by atoms with van der Waals surface area (Å²) in [6.07, 6.45) is 1.78. The average molecular weight is 361 g/mol. The summed E-state index contributed by atoms with van der Waals surface area (Å²) in [6.45, 7) is 6.05. The number of nitrogens with zero attached hydrogens (tertiary/aromatic N) is 1. The summed E-state index contributed by atoms with van der Waals surface area (Å²) >= 11 is 0. The van der Waals surface area contributed by atoms with Crippen LogP contribution in [0.4, 0.5) is 5.69 Å². The number of carbonyl (C=O) groups is 4. The maximum Gasteiger partial charge on any atom is 0.243 e. The number of aldehydes is 1. The van der Waals surface area contributed by atoms with E-state index in [9.17, 15) is 19.2 Å². The molecule has 1 aromatic rings. The maximum absolute atomic E-state index is 12.0. The van der Waals surface area contributed by atoms with Gasteiger partial charge in [-0.2, -0.15) is 0 Å². The minimum atomic E-state index is -0.447. The Kier molecular flexibility index (Phi) is 8.64. The topological polar surface area (TPSA) is 95.6 Å². The van der Waals surface area contributed by atoms with Crippen LogP contribution in [0.3, 0.4) is 0 Å². The highest BCUT2D eigenvalue weighted by Gasteiger charge is 2.30. The second-order valence-electron chi connectivity index (χ2n) is 5.77. The first-order valence-electron chi connectivity index (χ1n) is 8.87. The van der Waals surface area contributed by atoms with Gasteiger partial charge in [0.25, 0.3) is 0 Å². The van der Waals surface area contributed by atoms with Crippen LogP contribution in [0.15, 0.2) is 18.2 Å². The number of benzene rings is 1. The number of nitrogens with one attached hydrogen (secondary N) is 2. The van der Waals surface area contributed by atoms with Crippen molar-refractivity contribution in [2.24, 2.45) is 0 Å². The molecule has 1 aliphatic heterocycles. The number of rotatable bonds is 6. The number of amides is 3. The van der Waals surface area contributed by atoms with Crippen LogP contribution in [-0.4, -0.2) is 42.0 Å². The molecule has 1 unspecified atom stereocenters. The Bertz CT molecular complexity index is 673. The van der Waals surface area contributed by atoms with Gasteiger partial charge < -0.3 is 5.32 Å². The van der Waals surface area contributed by atoms with E-state index in [1.807, 2.05) is 13.8 Å². The predicted molar refractivity (Wildman–Crippen MR) is 99.7 cm³/mol. The van der Waals surface area contributed by atoms with E-state index >= 15 is 0 Å². The largest absolute Gasteiger partial charge is 0.326 e. The molecule has 0 aromatic heterocycles. The van der Waals surface area contributed by atoms with Gasteiger partial charge in [-0.3, -0.25) is 29.4 Å². The monoisotopic (exact) mass is 361 g/mol. The Labute approximate surface area is 154 Å². The lowest BCUT2D eigenvalue weighted by Gasteiger charge is -2.30. The van der Waals surface area contributed by atoms with Crippen molar-refractivity contribution >= 4 is 29.7 Å². The third-order valence-electron chi connectivity index (χ3n) is 4.08. The number of imide groups is 1. The van der Waals surface area contributed by atoms with E-state index in [2.05, 4.69) is 10.6 Å². The van der Waals surface area contributed by atoms with Crippen LogP contribution in [0.25, 0.3) is 0 Å². The Morgan fingerprint density at radius 3 is 2.62 bits per heavy atom. The first kappa shape index (κ1) is 21.5. The van der Waals surface area contributed by atoms with Crippen molar-refractivity contribution < 1.29 is 19.2 Å². The Morgan fingerprint density at radius 1 is 1.35 bits per heavy atom. The Morgan fingerprint density at radius 2 is 2.04 bits per heavy atom. The summed E-state index contributed by atoms with van der Waals surface area (Å²) in [5, 5.41) is 5.10. The van der Waals surface area contributed by atoms with Gasteiger partial charge in [0.05, 0.1) is 6.04 Å². The maximum atomic E-state index is 12.0. The normalized spacial score (nSPS) is 16.4. The van der Waals surface area contributed by atoms with E-state index in [-0.39, 0.29) is 24.1 Å². The summed E-state index contributed by atoms with van der Waals surface area (Å²) in [5.41, 5.74) is 1.68. The van der Waals surface area contributed by atoms with Gasteiger partial charge in [0.1, 0.15) is 6.29 Å². The van der Waals surface area contributed by atoms with Crippen LogP contribution < -0.4 is 10.6 Å². The van der Waals surface area contributed by atoms with Crippen molar-refractivity contribution in [3.05, 3.63) is 29.3 Å². The van der Waals surface area contributed by atoms with Gasteiger partial charge >= 0.3 is 0 Å². The SMILES string of the molecule is CC.CCC(=O)Nc1cccc(C=O)c1CN(C)C1CCC(=O)NC1=O. The fourth-order valence-electron chi connectivity index (χ4n) is 2.71. The molecule has 2 rings (SSSR count). The number of anilines is 1. The number of piperidine rings is 1. The van der Waals surface area contributed by atoms with Gasteiger partial charge in [0.2, 0.25) is 17.7 Å². The number of likely N-dealkylation sites (N-methyl/N-ethyl adjacent to an activating group) is 1. The van der Waals surface area contributed by atoms with Crippen LogP contribution in [0.2, 0.25) is 0 Å². The molecule has 7 heteroatoms. The molecule has 1 aliphatic rings. The summed E-state index contributed by atoms with van der Waals surface area (Å²) < 4.78 is 0. The minimum absolute atomic E-state index is 0.150. The van der Waals surface area contributed by atoms with Crippen molar-refractivity contribution in [2.45, 2.75) is 52.6 Å². The highest BCUT2D eigenvalue weighted by molar-refractivity contribution is 6.00. The van der Waals surface area contributed by atoms with Crippen molar-refractivity contribution in [2.75, 3.05) is 12.4 Å². The second kappa shape index (κ2) is 10.5. The lowest BCUT2D eigenvalue weighted by atomic mass is 10.0. The molecule has 0 spiro atoms. The molecule has 3 amide bonds. The Balaban J connectivity index is 0.00000163. The van der Waals surface area contributed by atoms with Crippen molar-refractivity contribution in [3.63, 3.8) is 0 Å². The van der Waals surface area contributed by atoms with E-state index in [4.69, 9.17) is 0 Å². The van der Waals surface area contributed by atoms with Gasteiger partial charge in [0, 0.05) is 36.2 Å². The quantitative estimate of drug-likeness (QED) is 0.598. The fraction of sp³-hybridized carbons (Fsp3) is 0.474. The first-order chi connectivity index (χ1) is 12.5. The summed E-state index contributed by atoms with van der Waals surface area (Å²) in [7, 11) is 1.76. The van der Waals surface area contributed by atoms with Gasteiger partial charge in [-0.1, -0.05) is 32.9 Å². The van der Waals surface area contributed by atoms with Crippen molar-refractivity contribution in [1.82, 2.24) is 10.2 Å². The van der Waals surface area contributed by atoms with E-state index in [1.54, 1.807) is 37.1 Å². The second-order valence-corrected chi connectivity index (χ2v) is 5.77. The molecular formula is C19H27N3O4. The molecule has 1 aromatic carbocycles. The van der Waals surface area contributed by atoms with Crippen LogP contribution in [0.5, 0.6) is 0 Å². The molecule has 0 aliphatic carbocycles. The molecule has 1 fully saturated rings. The van der Waals surface area contributed by atoms with Crippen LogP contribution in [-0.2, 0) is 20.9 Å². The Hall–Kier alpha value is -2.54. The zero-order valence-corrected chi connectivity index (χ0v) is 15.8. The van der Waals surface area contributed by atoms with Gasteiger partial charge in [-0.15, -0.1) is 0 Å².